The smallest absolute Gasteiger partial charge is 0.258 e. The highest BCUT2D eigenvalue weighted by Crippen LogP contribution is 2.39. The molecule has 0 bridgehead atoms. The number of anilines is 1. The van der Waals surface area contributed by atoms with E-state index in [1.807, 2.05) is 19.1 Å². The fourth-order valence-electron chi connectivity index (χ4n) is 3.24. The van der Waals surface area contributed by atoms with E-state index >= 15 is 0 Å². The molecule has 0 aliphatic carbocycles. The fourth-order valence-corrected chi connectivity index (χ4v) is 3.24. The lowest BCUT2D eigenvalue weighted by Gasteiger charge is -2.22. The number of pyridine rings is 1. The number of nitrogens with zero attached hydrogens (tertiary/aromatic N) is 4. The summed E-state index contributed by atoms with van der Waals surface area (Å²) in [6, 6.07) is 3.93. The maximum Gasteiger partial charge on any atom is 0.258 e. The number of hydrogen-bond acceptors (Lipinski definition) is 6. The summed E-state index contributed by atoms with van der Waals surface area (Å²) in [6.45, 7) is 5.64. The van der Waals surface area contributed by atoms with Gasteiger partial charge in [-0.2, -0.15) is 4.98 Å². The Balaban J connectivity index is 1.59. The van der Waals surface area contributed by atoms with Crippen LogP contribution in [-0.4, -0.2) is 41.4 Å². The van der Waals surface area contributed by atoms with Crippen molar-refractivity contribution in [3.05, 3.63) is 24.2 Å². The van der Waals surface area contributed by atoms with Crippen LogP contribution in [0.2, 0.25) is 0 Å². The van der Waals surface area contributed by atoms with Gasteiger partial charge in [-0.25, -0.2) is 4.98 Å². The number of aromatic nitrogens is 3. The molecule has 4 rings (SSSR count). The predicted octanol–water partition coefficient (Wildman–Crippen LogP) is 2.06. The van der Waals surface area contributed by atoms with Gasteiger partial charge in [-0.1, -0.05) is 5.16 Å². The van der Waals surface area contributed by atoms with E-state index in [1.165, 1.54) is 6.42 Å². The van der Waals surface area contributed by atoms with Crippen molar-refractivity contribution in [2.75, 3.05) is 31.2 Å². The average molecular weight is 286 g/mol. The van der Waals surface area contributed by atoms with Crippen molar-refractivity contribution in [1.82, 2.24) is 15.1 Å². The maximum absolute atomic E-state index is 5.58. The van der Waals surface area contributed by atoms with Crippen LogP contribution in [0.3, 0.4) is 0 Å². The Kier molecular flexibility index (Phi) is 2.92. The summed E-state index contributed by atoms with van der Waals surface area (Å²) in [7, 11) is 0. The zero-order chi connectivity index (χ0) is 14.3. The normalized spacial score (nSPS) is 25.1. The summed E-state index contributed by atoms with van der Waals surface area (Å²) in [6.07, 6.45) is 4.14. The lowest BCUT2D eigenvalue weighted by molar-refractivity contribution is 0.160. The fraction of sp³-hybridized carbons (Fsp3) is 0.533. The van der Waals surface area contributed by atoms with Crippen LogP contribution in [0.4, 0.5) is 5.82 Å². The second kappa shape index (κ2) is 4.80. The third-order valence-corrected chi connectivity index (χ3v) is 4.47. The Morgan fingerprint density at radius 1 is 1.33 bits per heavy atom. The van der Waals surface area contributed by atoms with Gasteiger partial charge in [0, 0.05) is 36.9 Å². The average Bonchev–Trinajstić information content (AvgIpc) is 3.23. The van der Waals surface area contributed by atoms with Crippen molar-refractivity contribution in [2.45, 2.75) is 19.8 Å². The monoisotopic (exact) mass is 286 g/mol. The highest BCUT2D eigenvalue weighted by Gasteiger charge is 2.41. The van der Waals surface area contributed by atoms with Gasteiger partial charge in [0.05, 0.1) is 6.61 Å². The molecule has 1 atom stereocenters. The molecule has 0 radical (unpaired) electrons. The molecule has 2 aromatic rings. The van der Waals surface area contributed by atoms with Gasteiger partial charge < -0.3 is 14.2 Å². The van der Waals surface area contributed by atoms with Gasteiger partial charge in [-0.3, -0.25) is 0 Å². The Morgan fingerprint density at radius 2 is 2.29 bits per heavy atom. The van der Waals surface area contributed by atoms with Gasteiger partial charge in [-0.15, -0.1) is 0 Å². The molecule has 6 heteroatoms. The molecule has 2 saturated heterocycles. The van der Waals surface area contributed by atoms with Crippen LogP contribution >= 0.6 is 0 Å². The van der Waals surface area contributed by atoms with Gasteiger partial charge in [0.25, 0.3) is 5.89 Å². The molecule has 6 nitrogen and oxygen atoms in total. The number of rotatable bonds is 2. The van der Waals surface area contributed by atoms with Crippen molar-refractivity contribution in [1.29, 1.82) is 0 Å². The minimum atomic E-state index is 0.332. The molecule has 0 saturated carbocycles. The first kappa shape index (κ1) is 12.8. The van der Waals surface area contributed by atoms with E-state index < -0.39 is 0 Å². The molecular weight excluding hydrogens is 268 g/mol. The van der Waals surface area contributed by atoms with E-state index in [9.17, 15) is 0 Å². The second-order valence-corrected chi connectivity index (χ2v) is 6.02. The molecule has 1 spiro atoms. The first-order chi connectivity index (χ1) is 10.2. The van der Waals surface area contributed by atoms with E-state index in [0.29, 0.717) is 17.1 Å². The van der Waals surface area contributed by atoms with Gasteiger partial charge in [0.15, 0.2) is 5.82 Å². The molecule has 0 N–H and O–H groups in total. The zero-order valence-electron chi connectivity index (χ0n) is 12.1. The van der Waals surface area contributed by atoms with Gasteiger partial charge in [0.1, 0.15) is 5.82 Å². The second-order valence-electron chi connectivity index (χ2n) is 6.02. The summed E-state index contributed by atoms with van der Waals surface area (Å²) in [5.41, 5.74) is 1.25. The van der Waals surface area contributed by atoms with Gasteiger partial charge >= 0.3 is 0 Å². The Bertz CT molecular complexity index is 649. The highest BCUT2D eigenvalue weighted by molar-refractivity contribution is 5.59. The minimum Gasteiger partial charge on any atom is -0.381 e. The van der Waals surface area contributed by atoms with Crippen LogP contribution in [0.15, 0.2) is 22.9 Å². The number of ether oxygens (including phenoxy) is 1. The lowest BCUT2D eigenvalue weighted by atomic mass is 9.87. The third-order valence-electron chi connectivity index (χ3n) is 4.47. The summed E-state index contributed by atoms with van der Waals surface area (Å²) in [4.78, 5) is 11.1. The molecular formula is C15H18N4O2. The van der Waals surface area contributed by atoms with Crippen LogP contribution in [0.5, 0.6) is 0 Å². The van der Waals surface area contributed by atoms with E-state index in [2.05, 4.69) is 20.0 Å². The molecule has 2 aromatic heterocycles. The summed E-state index contributed by atoms with van der Waals surface area (Å²) in [5, 5.41) is 3.84. The third kappa shape index (κ3) is 2.29. The largest absolute Gasteiger partial charge is 0.381 e. The van der Waals surface area contributed by atoms with Crippen LogP contribution in [0.1, 0.15) is 18.7 Å². The Labute approximate surface area is 123 Å². The van der Waals surface area contributed by atoms with Gasteiger partial charge in [-0.05, 0) is 31.9 Å². The van der Waals surface area contributed by atoms with E-state index in [-0.39, 0.29) is 0 Å². The molecule has 2 aliphatic rings. The topological polar surface area (TPSA) is 64.3 Å². The number of hydrogen-bond donors (Lipinski definition) is 0. The van der Waals surface area contributed by atoms with E-state index in [0.717, 1.165) is 44.1 Å². The SMILES string of the molecule is Cc1noc(-c2ccnc(N3CC[C@]4(CCOC4)C3)c2)n1. The van der Waals surface area contributed by atoms with E-state index in [1.54, 1.807) is 6.20 Å². The first-order valence-corrected chi connectivity index (χ1v) is 7.34. The predicted molar refractivity (Wildman–Crippen MR) is 77.0 cm³/mol. The van der Waals surface area contributed by atoms with Crippen molar-refractivity contribution >= 4 is 5.82 Å². The molecule has 0 unspecified atom stereocenters. The maximum atomic E-state index is 5.58. The van der Waals surface area contributed by atoms with E-state index in [4.69, 9.17) is 9.26 Å². The van der Waals surface area contributed by atoms with Crippen molar-refractivity contribution in [3.63, 3.8) is 0 Å². The van der Waals surface area contributed by atoms with Gasteiger partial charge in [0.2, 0.25) is 0 Å². The van der Waals surface area contributed by atoms with Crippen molar-refractivity contribution in [3.8, 4) is 11.5 Å². The van der Waals surface area contributed by atoms with Crippen molar-refractivity contribution < 1.29 is 9.26 Å². The molecule has 0 amide bonds. The van der Waals surface area contributed by atoms with Crippen LogP contribution < -0.4 is 4.90 Å². The Hall–Kier alpha value is -1.95. The minimum absolute atomic E-state index is 0.332. The molecule has 21 heavy (non-hydrogen) atoms. The quantitative estimate of drug-likeness (QED) is 0.842. The van der Waals surface area contributed by atoms with Crippen LogP contribution in [-0.2, 0) is 4.74 Å². The standard InChI is InChI=1S/C15H18N4O2/c1-11-17-14(21-18-11)12-2-5-16-13(8-12)19-6-3-15(9-19)4-7-20-10-15/h2,5,8H,3-4,6-7,9-10H2,1H3/t15-/m0/s1. The summed E-state index contributed by atoms with van der Waals surface area (Å²) < 4.78 is 10.8. The number of aryl methyl sites for hydroxylation is 1. The summed E-state index contributed by atoms with van der Waals surface area (Å²) >= 11 is 0. The first-order valence-electron chi connectivity index (χ1n) is 7.34. The Morgan fingerprint density at radius 3 is 3.05 bits per heavy atom. The molecule has 4 heterocycles. The molecule has 2 fully saturated rings. The molecule has 110 valence electrons. The molecule has 0 aromatic carbocycles. The lowest BCUT2D eigenvalue weighted by Crippen LogP contribution is -2.27. The molecule has 2 aliphatic heterocycles. The van der Waals surface area contributed by atoms with Crippen molar-refractivity contribution in [2.24, 2.45) is 5.41 Å². The summed E-state index contributed by atoms with van der Waals surface area (Å²) in [5.74, 6) is 2.17. The van der Waals surface area contributed by atoms with Crippen LogP contribution in [0, 0.1) is 12.3 Å². The highest BCUT2D eigenvalue weighted by atomic mass is 16.5. The van der Waals surface area contributed by atoms with Crippen LogP contribution in [0.25, 0.3) is 11.5 Å². The zero-order valence-corrected chi connectivity index (χ0v) is 12.1.